The van der Waals surface area contributed by atoms with E-state index in [0.29, 0.717) is 19.0 Å². The van der Waals surface area contributed by atoms with E-state index < -0.39 is 0 Å². The molecule has 5 nitrogen and oxygen atoms in total. The summed E-state index contributed by atoms with van der Waals surface area (Å²) in [5, 5.41) is 0. The van der Waals surface area contributed by atoms with Crippen molar-refractivity contribution >= 4 is 5.91 Å². The largest absolute Gasteiger partial charge is 0.434 e. The molecule has 0 saturated carbocycles. The molecule has 0 radical (unpaired) electrons. The molecule has 5 heteroatoms. The Balaban J connectivity index is 2.77. The highest BCUT2D eigenvalue weighted by atomic mass is 16.4. The average molecular weight is 197 g/mol. The minimum absolute atomic E-state index is 0.137. The summed E-state index contributed by atoms with van der Waals surface area (Å²) in [5.74, 6) is 0.511. The van der Waals surface area contributed by atoms with Crippen LogP contribution >= 0.6 is 0 Å². The van der Waals surface area contributed by atoms with Crippen LogP contribution in [-0.2, 0) is 6.54 Å². The molecular weight excluding hydrogens is 182 g/mol. The third-order valence-corrected chi connectivity index (χ3v) is 1.99. The molecule has 0 aromatic carbocycles. The van der Waals surface area contributed by atoms with Gasteiger partial charge in [-0.15, -0.1) is 0 Å². The van der Waals surface area contributed by atoms with Crippen LogP contribution in [0.3, 0.4) is 0 Å². The van der Waals surface area contributed by atoms with Crippen LogP contribution in [0, 0.1) is 0 Å². The Labute approximate surface area is 82.9 Å². The summed E-state index contributed by atoms with van der Waals surface area (Å²) < 4.78 is 5.15. The third-order valence-electron chi connectivity index (χ3n) is 1.99. The number of amides is 1. The minimum Gasteiger partial charge on any atom is -0.434 e. The number of nitrogens with zero attached hydrogens (tertiary/aromatic N) is 2. The van der Waals surface area contributed by atoms with Crippen molar-refractivity contribution in [2.75, 3.05) is 13.1 Å². The Hall–Kier alpha value is -1.36. The molecule has 0 bridgehead atoms. The third kappa shape index (κ3) is 2.11. The summed E-state index contributed by atoms with van der Waals surface area (Å²) in [6, 6.07) is 0. The highest BCUT2D eigenvalue weighted by molar-refractivity contribution is 5.91. The highest BCUT2D eigenvalue weighted by Crippen LogP contribution is 2.06. The Bertz CT molecular complexity index is 305. The molecule has 1 rings (SSSR count). The van der Waals surface area contributed by atoms with Gasteiger partial charge in [-0.3, -0.25) is 4.79 Å². The quantitative estimate of drug-likeness (QED) is 0.767. The van der Waals surface area contributed by atoms with Crippen molar-refractivity contribution in [3.05, 3.63) is 17.8 Å². The smallest absolute Gasteiger partial charge is 0.291 e. The van der Waals surface area contributed by atoms with Gasteiger partial charge in [-0.1, -0.05) is 0 Å². The maximum atomic E-state index is 11.7. The van der Waals surface area contributed by atoms with E-state index in [1.54, 1.807) is 4.90 Å². The number of hydrogen-bond donors (Lipinski definition) is 1. The monoisotopic (exact) mass is 197 g/mol. The standard InChI is InChI=1S/C9H15N3O2/c1-3-12(4-2)9(13)7-6-11-8(5-10)14-7/h6H,3-5,10H2,1-2H3. The first-order valence-electron chi connectivity index (χ1n) is 4.66. The SMILES string of the molecule is CCN(CC)C(=O)c1cnc(CN)o1. The van der Waals surface area contributed by atoms with Crippen LogP contribution in [0.5, 0.6) is 0 Å². The van der Waals surface area contributed by atoms with Crippen molar-refractivity contribution in [1.29, 1.82) is 0 Å². The summed E-state index contributed by atoms with van der Waals surface area (Å²) in [6.07, 6.45) is 1.42. The Morgan fingerprint density at radius 1 is 1.57 bits per heavy atom. The van der Waals surface area contributed by atoms with Gasteiger partial charge < -0.3 is 15.1 Å². The van der Waals surface area contributed by atoms with Crippen molar-refractivity contribution < 1.29 is 9.21 Å². The molecule has 2 N–H and O–H groups in total. The number of carbonyl (C=O) groups is 1. The molecule has 0 aliphatic rings. The van der Waals surface area contributed by atoms with E-state index in [0.717, 1.165) is 0 Å². The summed E-state index contributed by atoms with van der Waals surface area (Å²) in [5.41, 5.74) is 5.32. The second-order valence-corrected chi connectivity index (χ2v) is 2.80. The summed E-state index contributed by atoms with van der Waals surface area (Å²) in [4.78, 5) is 17.2. The van der Waals surface area contributed by atoms with Gasteiger partial charge in [0.1, 0.15) is 0 Å². The van der Waals surface area contributed by atoms with Gasteiger partial charge in [-0.05, 0) is 13.8 Å². The fraction of sp³-hybridized carbons (Fsp3) is 0.556. The number of oxazole rings is 1. The van der Waals surface area contributed by atoms with Crippen LogP contribution in [-0.4, -0.2) is 28.9 Å². The Kier molecular flexibility index (Phi) is 3.64. The van der Waals surface area contributed by atoms with Crippen LogP contribution in [0.15, 0.2) is 10.6 Å². The van der Waals surface area contributed by atoms with Gasteiger partial charge in [0.25, 0.3) is 5.91 Å². The fourth-order valence-corrected chi connectivity index (χ4v) is 1.17. The molecule has 0 aliphatic heterocycles. The molecule has 0 aliphatic carbocycles. The lowest BCUT2D eigenvalue weighted by Gasteiger charge is -2.16. The predicted molar refractivity (Wildman–Crippen MR) is 51.6 cm³/mol. The topological polar surface area (TPSA) is 72.4 Å². The maximum Gasteiger partial charge on any atom is 0.291 e. The van der Waals surface area contributed by atoms with E-state index in [1.165, 1.54) is 6.20 Å². The van der Waals surface area contributed by atoms with Crippen LogP contribution < -0.4 is 5.73 Å². The van der Waals surface area contributed by atoms with Gasteiger partial charge in [0.15, 0.2) is 0 Å². The van der Waals surface area contributed by atoms with Crippen LogP contribution in [0.2, 0.25) is 0 Å². The zero-order chi connectivity index (χ0) is 10.6. The Morgan fingerprint density at radius 3 is 2.64 bits per heavy atom. The average Bonchev–Trinajstić information content (AvgIpc) is 2.67. The van der Waals surface area contributed by atoms with Gasteiger partial charge in [0.2, 0.25) is 11.7 Å². The summed E-state index contributed by atoms with van der Waals surface area (Å²) >= 11 is 0. The van der Waals surface area contributed by atoms with Gasteiger partial charge in [-0.2, -0.15) is 0 Å². The molecule has 0 saturated heterocycles. The van der Waals surface area contributed by atoms with E-state index in [4.69, 9.17) is 10.2 Å². The normalized spacial score (nSPS) is 10.2. The van der Waals surface area contributed by atoms with E-state index in [-0.39, 0.29) is 18.2 Å². The predicted octanol–water partition coefficient (Wildman–Crippen LogP) is 0.615. The lowest BCUT2D eigenvalue weighted by Crippen LogP contribution is -2.30. The van der Waals surface area contributed by atoms with Crippen molar-refractivity contribution in [2.24, 2.45) is 5.73 Å². The summed E-state index contributed by atoms with van der Waals surface area (Å²) in [7, 11) is 0. The molecule has 1 aromatic rings. The molecule has 1 amide bonds. The molecule has 78 valence electrons. The number of hydrogen-bond acceptors (Lipinski definition) is 4. The van der Waals surface area contributed by atoms with Gasteiger partial charge >= 0.3 is 0 Å². The second-order valence-electron chi connectivity index (χ2n) is 2.80. The highest BCUT2D eigenvalue weighted by Gasteiger charge is 2.16. The van der Waals surface area contributed by atoms with E-state index in [9.17, 15) is 4.79 Å². The fourth-order valence-electron chi connectivity index (χ4n) is 1.17. The van der Waals surface area contributed by atoms with E-state index in [2.05, 4.69) is 4.98 Å². The molecule has 0 spiro atoms. The van der Waals surface area contributed by atoms with Crippen LogP contribution in [0.25, 0.3) is 0 Å². The zero-order valence-corrected chi connectivity index (χ0v) is 8.49. The molecule has 0 atom stereocenters. The molecule has 14 heavy (non-hydrogen) atoms. The lowest BCUT2D eigenvalue weighted by molar-refractivity contribution is 0.0739. The van der Waals surface area contributed by atoms with Gasteiger partial charge in [0, 0.05) is 13.1 Å². The molecule has 0 fully saturated rings. The minimum atomic E-state index is -0.137. The number of nitrogens with two attached hydrogens (primary N) is 1. The summed E-state index contributed by atoms with van der Waals surface area (Å²) in [6.45, 7) is 5.37. The second kappa shape index (κ2) is 4.76. The first-order chi connectivity index (χ1) is 6.72. The van der Waals surface area contributed by atoms with E-state index in [1.807, 2.05) is 13.8 Å². The van der Waals surface area contributed by atoms with Crippen LogP contribution in [0.4, 0.5) is 0 Å². The van der Waals surface area contributed by atoms with Gasteiger partial charge in [0.05, 0.1) is 12.7 Å². The zero-order valence-electron chi connectivity index (χ0n) is 8.49. The van der Waals surface area contributed by atoms with Crippen molar-refractivity contribution in [2.45, 2.75) is 20.4 Å². The van der Waals surface area contributed by atoms with Crippen molar-refractivity contribution in [1.82, 2.24) is 9.88 Å². The first-order valence-corrected chi connectivity index (χ1v) is 4.66. The molecular formula is C9H15N3O2. The molecule has 0 unspecified atom stereocenters. The molecule has 1 heterocycles. The first kappa shape index (κ1) is 10.7. The van der Waals surface area contributed by atoms with Crippen LogP contribution in [0.1, 0.15) is 30.3 Å². The number of aromatic nitrogens is 1. The van der Waals surface area contributed by atoms with Crippen molar-refractivity contribution in [3.8, 4) is 0 Å². The van der Waals surface area contributed by atoms with Crippen molar-refractivity contribution in [3.63, 3.8) is 0 Å². The number of rotatable bonds is 4. The Morgan fingerprint density at radius 2 is 2.21 bits per heavy atom. The number of carbonyl (C=O) groups excluding carboxylic acids is 1. The molecule has 1 aromatic heterocycles. The van der Waals surface area contributed by atoms with Gasteiger partial charge in [-0.25, -0.2) is 4.98 Å². The van der Waals surface area contributed by atoms with E-state index >= 15 is 0 Å². The maximum absolute atomic E-state index is 11.7. The lowest BCUT2D eigenvalue weighted by atomic mass is 10.4.